The molecule has 0 N–H and O–H groups in total. The predicted molar refractivity (Wildman–Crippen MR) is 122 cm³/mol. The second kappa shape index (κ2) is 9.92. The van der Waals surface area contributed by atoms with E-state index in [0.717, 1.165) is 42.3 Å². The molecular formula is C24H27N3O3S. The normalized spacial score (nSPS) is 14.6. The molecule has 0 unspecified atom stereocenters. The molecule has 4 rings (SSSR count). The SMILES string of the molecule is CC(C)C(=O)OCc1nnc(-c2ccc(N3CCC(Oc4ccccc4)CC3)cc2)s1. The summed E-state index contributed by atoms with van der Waals surface area (Å²) in [5.74, 6) is 0.578. The first kappa shape index (κ1) is 21.3. The number of hydrogen-bond acceptors (Lipinski definition) is 7. The lowest BCUT2D eigenvalue weighted by atomic mass is 10.1. The van der Waals surface area contributed by atoms with Gasteiger partial charge >= 0.3 is 5.97 Å². The molecule has 31 heavy (non-hydrogen) atoms. The van der Waals surface area contributed by atoms with Crippen molar-refractivity contribution >= 4 is 23.0 Å². The summed E-state index contributed by atoms with van der Waals surface area (Å²) in [4.78, 5) is 14.0. The van der Waals surface area contributed by atoms with E-state index in [4.69, 9.17) is 9.47 Å². The number of aromatic nitrogens is 2. The molecule has 3 aromatic rings. The summed E-state index contributed by atoms with van der Waals surface area (Å²) >= 11 is 1.45. The Hall–Kier alpha value is -2.93. The van der Waals surface area contributed by atoms with Crippen molar-refractivity contribution < 1.29 is 14.3 Å². The lowest BCUT2D eigenvalue weighted by Crippen LogP contribution is -2.38. The van der Waals surface area contributed by atoms with Crippen molar-refractivity contribution in [2.45, 2.75) is 39.4 Å². The zero-order valence-electron chi connectivity index (χ0n) is 17.9. The van der Waals surface area contributed by atoms with Crippen LogP contribution >= 0.6 is 11.3 Å². The Morgan fingerprint density at radius 1 is 1.06 bits per heavy atom. The van der Waals surface area contributed by atoms with Crippen LogP contribution in [0.15, 0.2) is 54.6 Å². The number of para-hydroxylation sites is 1. The number of benzene rings is 2. The monoisotopic (exact) mass is 437 g/mol. The van der Waals surface area contributed by atoms with Gasteiger partial charge in [0.25, 0.3) is 0 Å². The van der Waals surface area contributed by atoms with Gasteiger partial charge in [0, 0.05) is 37.2 Å². The molecule has 0 amide bonds. The summed E-state index contributed by atoms with van der Waals surface area (Å²) in [5, 5.41) is 9.93. The first-order chi connectivity index (χ1) is 15.1. The molecule has 0 spiro atoms. The van der Waals surface area contributed by atoms with Gasteiger partial charge in [-0.05, 0) is 36.4 Å². The van der Waals surface area contributed by atoms with Crippen LogP contribution in [0.3, 0.4) is 0 Å². The van der Waals surface area contributed by atoms with Gasteiger partial charge < -0.3 is 14.4 Å². The largest absolute Gasteiger partial charge is 0.490 e. The van der Waals surface area contributed by atoms with Gasteiger partial charge in [-0.2, -0.15) is 0 Å². The van der Waals surface area contributed by atoms with Crippen LogP contribution in [0, 0.1) is 5.92 Å². The van der Waals surface area contributed by atoms with Crippen molar-refractivity contribution in [1.82, 2.24) is 10.2 Å². The fraction of sp³-hybridized carbons (Fsp3) is 0.375. The maximum absolute atomic E-state index is 11.6. The maximum atomic E-state index is 11.6. The maximum Gasteiger partial charge on any atom is 0.308 e. The molecule has 0 aliphatic carbocycles. The van der Waals surface area contributed by atoms with E-state index in [9.17, 15) is 4.79 Å². The van der Waals surface area contributed by atoms with Gasteiger partial charge in [0.1, 0.15) is 23.5 Å². The summed E-state index contributed by atoms with van der Waals surface area (Å²) in [6.45, 7) is 5.75. The van der Waals surface area contributed by atoms with Gasteiger partial charge in [-0.3, -0.25) is 4.79 Å². The molecule has 0 radical (unpaired) electrons. The highest BCUT2D eigenvalue weighted by atomic mass is 32.1. The summed E-state index contributed by atoms with van der Waals surface area (Å²) in [7, 11) is 0. The Balaban J connectivity index is 1.30. The van der Waals surface area contributed by atoms with E-state index in [1.807, 2.05) is 44.2 Å². The molecule has 0 bridgehead atoms. The highest BCUT2D eigenvalue weighted by Gasteiger charge is 2.21. The number of rotatable bonds is 7. The van der Waals surface area contributed by atoms with Crippen LogP contribution in [0.2, 0.25) is 0 Å². The third kappa shape index (κ3) is 5.61. The van der Waals surface area contributed by atoms with Crippen molar-refractivity contribution in [2.75, 3.05) is 18.0 Å². The fourth-order valence-electron chi connectivity index (χ4n) is 3.47. The zero-order chi connectivity index (χ0) is 21.6. The molecule has 1 aliphatic heterocycles. The molecule has 2 aromatic carbocycles. The molecule has 1 saturated heterocycles. The third-order valence-electron chi connectivity index (χ3n) is 5.24. The molecule has 162 valence electrons. The summed E-state index contributed by atoms with van der Waals surface area (Å²) in [6.07, 6.45) is 2.28. The van der Waals surface area contributed by atoms with E-state index in [-0.39, 0.29) is 24.6 Å². The summed E-state index contributed by atoms with van der Waals surface area (Å²) < 4.78 is 11.3. The molecule has 1 fully saturated rings. The van der Waals surface area contributed by atoms with Gasteiger partial charge in [-0.25, -0.2) is 0 Å². The van der Waals surface area contributed by atoms with E-state index in [2.05, 4.69) is 39.4 Å². The summed E-state index contributed by atoms with van der Waals surface area (Å²) in [6, 6.07) is 18.5. The van der Waals surface area contributed by atoms with Gasteiger partial charge in [-0.1, -0.05) is 43.4 Å². The van der Waals surface area contributed by atoms with Crippen molar-refractivity contribution in [2.24, 2.45) is 5.92 Å². The number of piperidine rings is 1. The average Bonchev–Trinajstić information content (AvgIpc) is 3.28. The number of ether oxygens (including phenoxy) is 2. The van der Waals surface area contributed by atoms with Crippen LogP contribution in [0.25, 0.3) is 10.6 Å². The number of esters is 1. The second-order valence-electron chi connectivity index (χ2n) is 7.93. The third-order valence-corrected chi connectivity index (χ3v) is 6.19. The fourth-order valence-corrected chi connectivity index (χ4v) is 4.22. The molecule has 2 heterocycles. The van der Waals surface area contributed by atoms with Crippen LogP contribution in [-0.2, 0) is 16.1 Å². The van der Waals surface area contributed by atoms with E-state index in [1.54, 1.807) is 0 Å². The topological polar surface area (TPSA) is 64.5 Å². The van der Waals surface area contributed by atoms with Gasteiger partial charge in [0.2, 0.25) is 0 Å². The molecule has 1 aromatic heterocycles. The Morgan fingerprint density at radius 3 is 2.45 bits per heavy atom. The lowest BCUT2D eigenvalue weighted by molar-refractivity contribution is -0.148. The Labute approximate surface area is 186 Å². The zero-order valence-corrected chi connectivity index (χ0v) is 18.7. The standard InChI is InChI=1S/C24H27N3O3S/c1-17(2)24(28)29-16-22-25-26-23(31-22)18-8-10-19(11-9-18)27-14-12-21(13-15-27)30-20-6-4-3-5-7-20/h3-11,17,21H,12-16H2,1-2H3. The Morgan fingerprint density at radius 2 is 1.77 bits per heavy atom. The minimum atomic E-state index is -0.223. The molecule has 1 aliphatic rings. The van der Waals surface area contributed by atoms with E-state index in [0.29, 0.717) is 5.01 Å². The average molecular weight is 438 g/mol. The van der Waals surface area contributed by atoms with Crippen LogP contribution < -0.4 is 9.64 Å². The molecule has 7 heteroatoms. The van der Waals surface area contributed by atoms with Crippen molar-refractivity contribution in [3.05, 3.63) is 59.6 Å². The van der Waals surface area contributed by atoms with Crippen LogP contribution in [-0.4, -0.2) is 35.4 Å². The van der Waals surface area contributed by atoms with Gasteiger partial charge in [0.05, 0.1) is 5.92 Å². The Bertz CT molecular complexity index is 981. The molecule has 0 saturated carbocycles. The van der Waals surface area contributed by atoms with E-state index < -0.39 is 0 Å². The van der Waals surface area contributed by atoms with E-state index >= 15 is 0 Å². The van der Waals surface area contributed by atoms with Gasteiger partial charge in [-0.15, -0.1) is 10.2 Å². The van der Waals surface area contributed by atoms with Crippen LogP contribution in [0.4, 0.5) is 5.69 Å². The van der Waals surface area contributed by atoms with Crippen molar-refractivity contribution in [1.29, 1.82) is 0 Å². The minimum absolute atomic E-state index is 0.144. The molecular weight excluding hydrogens is 410 g/mol. The van der Waals surface area contributed by atoms with Crippen LogP contribution in [0.1, 0.15) is 31.7 Å². The highest BCUT2D eigenvalue weighted by molar-refractivity contribution is 7.14. The van der Waals surface area contributed by atoms with Gasteiger partial charge in [0.15, 0.2) is 5.01 Å². The first-order valence-electron chi connectivity index (χ1n) is 10.6. The lowest BCUT2D eigenvalue weighted by Gasteiger charge is -2.33. The Kier molecular flexibility index (Phi) is 6.82. The number of carbonyl (C=O) groups is 1. The molecule has 6 nitrogen and oxygen atoms in total. The second-order valence-corrected chi connectivity index (χ2v) is 8.99. The predicted octanol–water partition coefficient (Wildman–Crippen LogP) is 4.95. The van der Waals surface area contributed by atoms with Crippen LogP contribution in [0.5, 0.6) is 5.75 Å². The van der Waals surface area contributed by atoms with Crippen molar-refractivity contribution in [3.8, 4) is 16.3 Å². The smallest absolute Gasteiger partial charge is 0.308 e. The number of anilines is 1. The minimum Gasteiger partial charge on any atom is -0.490 e. The number of carbonyl (C=O) groups excluding carboxylic acids is 1. The number of nitrogens with zero attached hydrogens (tertiary/aromatic N) is 3. The molecule has 0 atom stereocenters. The number of hydrogen-bond donors (Lipinski definition) is 0. The van der Waals surface area contributed by atoms with E-state index in [1.165, 1.54) is 17.0 Å². The first-order valence-corrected chi connectivity index (χ1v) is 11.5. The summed E-state index contributed by atoms with van der Waals surface area (Å²) in [5.41, 5.74) is 2.22. The highest BCUT2D eigenvalue weighted by Crippen LogP contribution is 2.28. The van der Waals surface area contributed by atoms with Crippen molar-refractivity contribution in [3.63, 3.8) is 0 Å². The quantitative estimate of drug-likeness (QED) is 0.487.